The minimum atomic E-state index is -4.94. The first-order chi connectivity index (χ1) is 6.32. The highest BCUT2D eigenvalue weighted by atomic mass is 32.3. The molecule has 0 amide bonds. The van der Waals surface area contributed by atoms with Crippen molar-refractivity contribution >= 4 is 21.6 Å². The number of rotatable bonds is 2. The summed E-state index contributed by atoms with van der Waals surface area (Å²) in [6.45, 7) is 0. The van der Waals surface area contributed by atoms with Crippen LogP contribution >= 0.6 is 0 Å². The Kier molecular flexibility index (Phi) is 2.39. The third kappa shape index (κ3) is 1.96. The summed E-state index contributed by atoms with van der Waals surface area (Å²) in [5.74, 6) is 0. The van der Waals surface area contributed by atoms with Crippen LogP contribution in [0, 0.1) is 10.1 Å². The molecule has 1 rings (SSSR count). The van der Waals surface area contributed by atoms with Gasteiger partial charge in [-0.1, -0.05) is 0 Å². The Morgan fingerprint density at radius 3 is 2.43 bits per heavy atom. The van der Waals surface area contributed by atoms with Crippen molar-refractivity contribution in [1.29, 1.82) is 0 Å². The van der Waals surface area contributed by atoms with Crippen molar-refractivity contribution in [2.24, 2.45) is 0 Å². The van der Waals surface area contributed by atoms with E-state index in [0.717, 1.165) is 12.1 Å². The molecule has 1 aromatic rings. The van der Waals surface area contributed by atoms with Crippen LogP contribution in [0.1, 0.15) is 0 Å². The van der Waals surface area contributed by atoms with Gasteiger partial charge in [0.15, 0.2) is 0 Å². The average molecular weight is 220 g/mol. The van der Waals surface area contributed by atoms with Crippen LogP contribution in [0.25, 0.3) is 0 Å². The summed E-state index contributed by atoms with van der Waals surface area (Å²) < 4.78 is 33.2. The van der Waals surface area contributed by atoms with Crippen LogP contribution in [0.15, 0.2) is 23.1 Å². The lowest BCUT2D eigenvalue weighted by atomic mass is 10.3. The summed E-state index contributed by atoms with van der Waals surface area (Å²) in [5.41, 5.74) is 4.32. The first kappa shape index (κ1) is 10.4. The predicted molar refractivity (Wildman–Crippen MR) is 45.8 cm³/mol. The van der Waals surface area contributed by atoms with Gasteiger partial charge in [0.25, 0.3) is 5.69 Å². The minimum Gasteiger partial charge on any atom is -0.393 e. The fourth-order valence-corrected chi connectivity index (χ4v) is 1.32. The predicted octanol–water partition coefficient (Wildman–Crippen LogP) is 0.835. The van der Waals surface area contributed by atoms with Crippen LogP contribution in [-0.2, 0) is 10.2 Å². The van der Waals surface area contributed by atoms with E-state index in [0.29, 0.717) is 6.07 Å². The fourth-order valence-electron chi connectivity index (χ4n) is 0.833. The number of halogens is 1. The van der Waals surface area contributed by atoms with Crippen LogP contribution in [0.5, 0.6) is 0 Å². The van der Waals surface area contributed by atoms with E-state index in [2.05, 4.69) is 0 Å². The molecule has 14 heavy (non-hydrogen) atoms. The summed E-state index contributed by atoms with van der Waals surface area (Å²) in [4.78, 5) is 8.65. The average Bonchev–Trinajstić information content (AvgIpc) is 2.02. The number of hydrogen-bond acceptors (Lipinski definition) is 5. The van der Waals surface area contributed by atoms with Gasteiger partial charge >= 0.3 is 10.2 Å². The monoisotopic (exact) mass is 220 g/mol. The Labute approximate surface area is 78.5 Å². The standard InChI is InChI=1S/C6H5FN2O4S/c7-14(12,13)4-1-2-5(8)6(3-4)9(10)11/h1-3H,8H2. The number of benzene rings is 1. The summed E-state index contributed by atoms with van der Waals surface area (Å²) in [6.07, 6.45) is 0. The van der Waals surface area contributed by atoms with Gasteiger partial charge in [0.2, 0.25) is 0 Å². The smallest absolute Gasteiger partial charge is 0.332 e. The van der Waals surface area contributed by atoms with E-state index in [1.165, 1.54) is 0 Å². The van der Waals surface area contributed by atoms with Gasteiger partial charge in [-0.25, -0.2) is 0 Å². The maximum Gasteiger partial charge on any atom is 0.332 e. The normalized spacial score (nSPS) is 11.2. The number of hydrogen-bond donors (Lipinski definition) is 1. The fraction of sp³-hybridized carbons (Fsp3) is 0. The zero-order valence-electron chi connectivity index (χ0n) is 6.68. The van der Waals surface area contributed by atoms with Crippen LogP contribution in [-0.4, -0.2) is 13.3 Å². The van der Waals surface area contributed by atoms with Gasteiger partial charge < -0.3 is 5.73 Å². The summed E-state index contributed by atoms with van der Waals surface area (Å²) >= 11 is 0. The molecule has 8 heteroatoms. The van der Waals surface area contributed by atoms with Crippen LogP contribution < -0.4 is 5.73 Å². The number of nitro benzene ring substituents is 1. The number of anilines is 1. The molecule has 6 nitrogen and oxygen atoms in total. The molecule has 0 aliphatic carbocycles. The van der Waals surface area contributed by atoms with Gasteiger partial charge in [-0.15, -0.1) is 3.89 Å². The van der Waals surface area contributed by atoms with E-state index >= 15 is 0 Å². The van der Waals surface area contributed by atoms with E-state index < -0.39 is 25.7 Å². The van der Waals surface area contributed by atoms with E-state index in [1.54, 1.807) is 0 Å². The molecule has 0 spiro atoms. The topological polar surface area (TPSA) is 103 Å². The molecule has 0 saturated carbocycles. The second-order valence-corrected chi connectivity index (χ2v) is 3.76. The second kappa shape index (κ2) is 3.22. The maximum atomic E-state index is 12.4. The number of nitrogen functional groups attached to an aromatic ring is 1. The maximum absolute atomic E-state index is 12.4. The van der Waals surface area contributed by atoms with Crippen molar-refractivity contribution in [2.45, 2.75) is 4.90 Å². The zero-order chi connectivity index (χ0) is 10.9. The van der Waals surface area contributed by atoms with Crippen molar-refractivity contribution in [3.8, 4) is 0 Å². The Bertz CT molecular complexity index is 485. The molecule has 0 aliphatic rings. The Morgan fingerprint density at radius 2 is 2.00 bits per heavy atom. The van der Waals surface area contributed by atoms with Gasteiger partial charge in [0, 0.05) is 6.07 Å². The Hall–Kier alpha value is -1.70. The SMILES string of the molecule is Nc1ccc(S(=O)(=O)F)cc1[N+](=O)[O-]. The minimum absolute atomic E-state index is 0.220. The molecule has 0 fully saturated rings. The molecule has 0 atom stereocenters. The second-order valence-electron chi connectivity index (χ2n) is 2.42. The van der Waals surface area contributed by atoms with Gasteiger partial charge in [-0.3, -0.25) is 10.1 Å². The summed E-state index contributed by atoms with van der Waals surface area (Å²) in [5, 5.41) is 10.3. The molecular formula is C6H5FN2O4S. The molecule has 0 radical (unpaired) electrons. The molecule has 76 valence electrons. The van der Waals surface area contributed by atoms with Crippen molar-refractivity contribution in [1.82, 2.24) is 0 Å². The Balaban J connectivity index is 3.42. The first-order valence-corrected chi connectivity index (χ1v) is 4.69. The van der Waals surface area contributed by atoms with Crippen LogP contribution in [0.2, 0.25) is 0 Å². The van der Waals surface area contributed by atoms with Crippen molar-refractivity contribution in [3.05, 3.63) is 28.3 Å². The highest BCUT2D eigenvalue weighted by molar-refractivity contribution is 7.86. The van der Waals surface area contributed by atoms with Gasteiger partial charge in [-0.2, -0.15) is 8.42 Å². The molecule has 2 N–H and O–H groups in total. The molecule has 0 saturated heterocycles. The van der Waals surface area contributed by atoms with E-state index in [-0.39, 0.29) is 5.69 Å². The lowest BCUT2D eigenvalue weighted by Gasteiger charge is -1.98. The van der Waals surface area contributed by atoms with E-state index in [9.17, 15) is 22.4 Å². The van der Waals surface area contributed by atoms with Gasteiger partial charge in [0.05, 0.1) is 4.92 Å². The van der Waals surface area contributed by atoms with Crippen LogP contribution in [0.4, 0.5) is 15.3 Å². The molecule has 0 unspecified atom stereocenters. The van der Waals surface area contributed by atoms with Crippen LogP contribution in [0.3, 0.4) is 0 Å². The summed E-state index contributed by atoms with van der Waals surface area (Å²) in [6, 6.07) is 2.40. The molecule has 0 bridgehead atoms. The molecule has 1 aromatic carbocycles. The van der Waals surface area contributed by atoms with Crippen molar-refractivity contribution in [2.75, 3.05) is 5.73 Å². The van der Waals surface area contributed by atoms with Gasteiger partial charge in [0.1, 0.15) is 10.6 Å². The zero-order valence-corrected chi connectivity index (χ0v) is 7.49. The number of nitro groups is 1. The number of nitrogens with two attached hydrogens (primary N) is 1. The Morgan fingerprint density at radius 1 is 1.43 bits per heavy atom. The van der Waals surface area contributed by atoms with Gasteiger partial charge in [-0.05, 0) is 12.1 Å². The third-order valence-corrected chi connectivity index (χ3v) is 2.30. The third-order valence-electron chi connectivity index (χ3n) is 1.48. The van der Waals surface area contributed by atoms with Crippen molar-refractivity contribution < 1.29 is 17.2 Å². The summed E-state index contributed by atoms with van der Waals surface area (Å²) in [7, 11) is -4.94. The lowest BCUT2D eigenvalue weighted by molar-refractivity contribution is -0.384. The van der Waals surface area contributed by atoms with Crippen molar-refractivity contribution in [3.63, 3.8) is 0 Å². The molecule has 0 heterocycles. The quantitative estimate of drug-likeness (QED) is 0.344. The van der Waals surface area contributed by atoms with E-state index in [1.807, 2.05) is 0 Å². The highest BCUT2D eigenvalue weighted by Crippen LogP contribution is 2.25. The number of nitrogens with zero attached hydrogens (tertiary/aromatic N) is 1. The van der Waals surface area contributed by atoms with E-state index in [4.69, 9.17) is 5.73 Å². The highest BCUT2D eigenvalue weighted by Gasteiger charge is 2.18. The lowest BCUT2D eigenvalue weighted by Crippen LogP contribution is -1.99. The first-order valence-electron chi connectivity index (χ1n) is 3.31. The molecular weight excluding hydrogens is 215 g/mol. The largest absolute Gasteiger partial charge is 0.393 e. The molecule has 0 aliphatic heterocycles. The molecule has 0 aromatic heterocycles.